The van der Waals surface area contributed by atoms with Crippen molar-refractivity contribution in [3.05, 3.63) is 44.8 Å². The third-order valence-corrected chi connectivity index (χ3v) is 6.99. The topological polar surface area (TPSA) is 204 Å². The number of H-pyrrole nitrogens is 1. The smallest absolute Gasteiger partial charge is 0.344 e. The normalized spacial score (nSPS) is 24.0. The van der Waals surface area contributed by atoms with E-state index in [1.54, 1.807) is 0 Å². The second-order valence-corrected chi connectivity index (χ2v) is 9.95. The highest BCUT2D eigenvalue weighted by atomic mass is 31.3. The van der Waals surface area contributed by atoms with Crippen LogP contribution in [0.25, 0.3) is 0 Å². The van der Waals surface area contributed by atoms with E-state index in [4.69, 9.17) is 27.0 Å². The van der Waals surface area contributed by atoms with E-state index in [9.17, 15) is 23.3 Å². The molecule has 0 aromatic carbocycles. The molecule has 0 spiro atoms. The van der Waals surface area contributed by atoms with Gasteiger partial charge in [0.25, 0.3) is 13.0 Å². The SMILES string of the molecule is [B][P@@](=O)(OC[C@@H]1C=C[C@H](n2cc(C)c(=O)[nH]c2=O)O1)OP(=O)(O)OP(=O)(O)O. The van der Waals surface area contributed by atoms with Crippen LogP contribution in [0.4, 0.5) is 0 Å². The molecular weight excluding hydrogens is 444 g/mol. The minimum atomic E-state index is -5.49. The first-order chi connectivity index (χ1) is 12.7. The summed E-state index contributed by atoms with van der Waals surface area (Å²) in [6.07, 6.45) is 2.21. The Balaban J connectivity index is 1.97. The van der Waals surface area contributed by atoms with Gasteiger partial charge < -0.3 is 23.9 Å². The monoisotopic (exact) mass is 458 g/mol. The average Bonchev–Trinajstić information content (AvgIpc) is 2.94. The molecule has 0 bridgehead atoms. The van der Waals surface area contributed by atoms with Crippen LogP contribution in [0.15, 0.2) is 27.9 Å². The van der Waals surface area contributed by atoms with Gasteiger partial charge in [0, 0.05) is 11.8 Å². The molecule has 0 saturated carbocycles. The Hall–Kier alpha value is -1.11. The van der Waals surface area contributed by atoms with Crippen molar-refractivity contribution in [1.82, 2.24) is 9.55 Å². The van der Waals surface area contributed by atoms with Gasteiger partial charge in [-0.3, -0.25) is 18.9 Å². The molecule has 1 aliphatic rings. The Kier molecular flexibility index (Phi) is 6.89. The van der Waals surface area contributed by atoms with E-state index in [0.717, 1.165) is 4.57 Å². The molecule has 4 N–H and O–H groups in total. The maximum atomic E-state index is 11.9. The molecule has 0 saturated heterocycles. The van der Waals surface area contributed by atoms with Crippen LogP contribution < -0.4 is 11.2 Å². The van der Waals surface area contributed by atoms with Crippen molar-refractivity contribution < 1.29 is 46.3 Å². The number of hydrogen-bond donors (Lipinski definition) is 4. The van der Waals surface area contributed by atoms with E-state index in [-0.39, 0.29) is 5.56 Å². The fourth-order valence-electron chi connectivity index (χ4n) is 2.01. The number of nitrogens with one attached hydrogen (secondary N) is 1. The molecule has 18 heteroatoms. The highest BCUT2D eigenvalue weighted by molar-refractivity contribution is 7.84. The third-order valence-electron chi connectivity index (χ3n) is 3.07. The van der Waals surface area contributed by atoms with Crippen LogP contribution in [0.1, 0.15) is 11.8 Å². The number of nitrogens with zero attached hydrogens (tertiary/aromatic N) is 1. The zero-order chi connectivity index (χ0) is 21.3. The van der Waals surface area contributed by atoms with E-state index in [2.05, 4.69) is 18.1 Å². The van der Waals surface area contributed by atoms with Gasteiger partial charge in [0.2, 0.25) is 7.57 Å². The Labute approximate surface area is 157 Å². The number of aromatic amines is 1. The van der Waals surface area contributed by atoms with Gasteiger partial charge in [-0.2, -0.15) is 4.31 Å². The molecular formula is C10H14BN2O12P3. The minimum absolute atomic E-state index is 0.250. The lowest BCUT2D eigenvalue weighted by molar-refractivity contribution is -0.00639. The van der Waals surface area contributed by atoms with Crippen LogP contribution in [0.3, 0.4) is 0 Å². The molecule has 2 rings (SSSR count). The van der Waals surface area contributed by atoms with E-state index in [0.29, 0.717) is 0 Å². The van der Waals surface area contributed by atoms with Crippen LogP contribution in [-0.2, 0) is 31.6 Å². The summed E-state index contributed by atoms with van der Waals surface area (Å²) in [6.45, 7) is 0.900. The van der Waals surface area contributed by atoms with Gasteiger partial charge in [-0.15, -0.1) is 0 Å². The fourth-order valence-corrected chi connectivity index (χ4v) is 5.17. The first kappa shape index (κ1) is 23.2. The summed E-state index contributed by atoms with van der Waals surface area (Å²) in [5.41, 5.74) is -1.05. The van der Waals surface area contributed by atoms with Crippen molar-refractivity contribution in [3.63, 3.8) is 0 Å². The van der Waals surface area contributed by atoms with Crippen molar-refractivity contribution in [2.75, 3.05) is 6.61 Å². The van der Waals surface area contributed by atoms with Crippen molar-refractivity contribution in [1.29, 1.82) is 0 Å². The van der Waals surface area contributed by atoms with Gasteiger partial charge >= 0.3 is 21.3 Å². The van der Waals surface area contributed by atoms with E-state index in [1.807, 2.05) is 0 Å². The molecule has 4 atom stereocenters. The quantitative estimate of drug-likeness (QED) is 0.228. The lowest BCUT2D eigenvalue weighted by Gasteiger charge is -2.21. The zero-order valence-corrected chi connectivity index (χ0v) is 16.7. The molecule has 154 valence electrons. The highest BCUT2D eigenvalue weighted by Gasteiger charge is 2.38. The summed E-state index contributed by atoms with van der Waals surface area (Å²) in [5, 5.41) is 0. The molecule has 1 aromatic rings. The molecule has 1 aromatic heterocycles. The van der Waals surface area contributed by atoms with Crippen molar-refractivity contribution in [2.45, 2.75) is 19.3 Å². The molecule has 1 unspecified atom stereocenters. The molecule has 0 fully saturated rings. The zero-order valence-electron chi connectivity index (χ0n) is 14.0. The van der Waals surface area contributed by atoms with Crippen LogP contribution in [0, 0.1) is 6.92 Å². The minimum Gasteiger partial charge on any atom is -0.344 e. The number of aryl methyl sites for hydroxylation is 1. The predicted octanol–water partition coefficient (Wildman–Crippen LogP) is -0.182. The van der Waals surface area contributed by atoms with Gasteiger partial charge in [-0.25, -0.2) is 18.2 Å². The van der Waals surface area contributed by atoms with E-state index < -0.39 is 53.3 Å². The Morgan fingerprint density at radius 3 is 2.46 bits per heavy atom. The molecule has 0 aliphatic carbocycles. The molecule has 28 heavy (non-hydrogen) atoms. The maximum absolute atomic E-state index is 11.9. The number of ether oxygens (including phenoxy) is 1. The highest BCUT2D eigenvalue weighted by Crippen LogP contribution is 2.66. The predicted molar refractivity (Wildman–Crippen MR) is 92.5 cm³/mol. The third kappa shape index (κ3) is 6.75. The van der Waals surface area contributed by atoms with Gasteiger partial charge in [0.15, 0.2) is 6.23 Å². The van der Waals surface area contributed by atoms with Gasteiger partial charge in [0.05, 0.1) is 6.61 Å². The largest absolute Gasteiger partial charge is 0.487 e. The first-order valence-corrected chi connectivity index (χ1v) is 11.8. The van der Waals surface area contributed by atoms with Gasteiger partial charge in [-0.05, 0) is 13.0 Å². The Morgan fingerprint density at radius 2 is 1.86 bits per heavy atom. The Morgan fingerprint density at radius 1 is 1.21 bits per heavy atom. The summed E-state index contributed by atoms with van der Waals surface area (Å²) in [5.74, 6) is 0. The summed E-state index contributed by atoms with van der Waals surface area (Å²) in [6, 6.07) is 0. The number of rotatable bonds is 8. The second-order valence-electron chi connectivity index (χ2n) is 5.39. The summed E-state index contributed by atoms with van der Waals surface area (Å²) in [4.78, 5) is 51.3. The lowest BCUT2D eigenvalue weighted by Crippen LogP contribution is -2.33. The van der Waals surface area contributed by atoms with Crippen molar-refractivity contribution >= 4 is 30.7 Å². The van der Waals surface area contributed by atoms with Gasteiger partial charge in [0.1, 0.15) is 6.10 Å². The summed E-state index contributed by atoms with van der Waals surface area (Å²) >= 11 is 0. The van der Waals surface area contributed by atoms with Crippen LogP contribution in [-0.4, -0.2) is 44.5 Å². The molecule has 0 amide bonds. The number of aromatic nitrogens is 2. The van der Waals surface area contributed by atoms with Gasteiger partial charge in [-0.1, -0.05) is 6.08 Å². The van der Waals surface area contributed by atoms with Crippen molar-refractivity contribution in [3.8, 4) is 0 Å². The van der Waals surface area contributed by atoms with E-state index in [1.165, 1.54) is 25.3 Å². The molecule has 14 nitrogen and oxygen atoms in total. The van der Waals surface area contributed by atoms with E-state index >= 15 is 0 Å². The summed E-state index contributed by atoms with van der Waals surface area (Å²) in [7, 11) is -10.6. The Bertz CT molecular complexity index is 1030. The first-order valence-electron chi connectivity index (χ1n) is 7.17. The van der Waals surface area contributed by atoms with Crippen LogP contribution in [0.5, 0.6) is 0 Å². The average molecular weight is 458 g/mol. The molecule has 1 aliphatic heterocycles. The number of hydrogen-bond acceptors (Lipinski definition) is 9. The number of phosphoric acid groups is 2. The molecule has 2 heterocycles. The summed E-state index contributed by atoms with van der Waals surface area (Å²) < 4.78 is 52.3. The fraction of sp³-hybridized carbons (Fsp3) is 0.400. The second kappa shape index (κ2) is 8.33. The lowest BCUT2D eigenvalue weighted by atomic mass is 10.3. The molecule has 2 radical (unpaired) electrons. The standard InChI is InChI=1S/C10H14BN2O12P3/c1-6-4-13(10(15)12-9(6)14)8-3-2-7(23-8)5-22-26(11,16)24-28(20,21)25-27(17,18)19/h2-4,7-8H,5H2,1H3,(H,20,21)(H,12,14,15)(H2,17,18,19)/t7-,8+,26+/m0/s1. The maximum Gasteiger partial charge on any atom is 0.487 e. The van der Waals surface area contributed by atoms with Crippen LogP contribution in [0.2, 0.25) is 0 Å². The van der Waals surface area contributed by atoms with Crippen LogP contribution >= 0.6 is 23.1 Å². The van der Waals surface area contributed by atoms with Crippen molar-refractivity contribution in [2.24, 2.45) is 0 Å².